The van der Waals surface area contributed by atoms with Crippen LogP contribution in [0.1, 0.15) is 41.9 Å². The van der Waals surface area contributed by atoms with Gasteiger partial charge >= 0.3 is 0 Å². The van der Waals surface area contributed by atoms with Gasteiger partial charge in [0.1, 0.15) is 5.69 Å². The molecule has 25 heavy (non-hydrogen) atoms. The molecular formula is C18H23N5O2. The monoisotopic (exact) mass is 341 g/mol. The fourth-order valence-corrected chi connectivity index (χ4v) is 2.96. The van der Waals surface area contributed by atoms with Crippen molar-refractivity contribution in [3.05, 3.63) is 47.8 Å². The van der Waals surface area contributed by atoms with E-state index in [1.165, 1.54) is 6.92 Å². The molecule has 1 aromatic heterocycles. The largest absolute Gasteiger partial charge is 0.347 e. The second kappa shape index (κ2) is 7.94. The number of amides is 2. The summed E-state index contributed by atoms with van der Waals surface area (Å²) in [4.78, 5) is 23.4. The zero-order chi connectivity index (χ0) is 17.6. The van der Waals surface area contributed by atoms with Crippen LogP contribution in [0, 0.1) is 0 Å². The molecule has 1 fully saturated rings. The van der Waals surface area contributed by atoms with Crippen molar-refractivity contribution in [2.45, 2.75) is 32.4 Å². The minimum absolute atomic E-state index is 0.121. The molecule has 1 aliphatic heterocycles. The van der Waals surface area contributed by atoms with Crippen LogP contribution in [0.5, 0.6) is 0 Å². The molecule has 7 nitrogen and oxygen atoms in total. The zero-order valence-electron chi connectivity index (χ0n) is 14.3. The maximum Gasteiger partial charge on any atom is 0.272 e. The van der Waals surface area contributed by atoms with E-state index >= 15 is 0 Å². The molecular weight excluding hydrogens is 318 g/mol. The van der Waals surface area contributed by atoms with Crippen molar-refractivity contribution in [1.82, 2.24) is 20.4 Å². The van der Waals surface area contributed by atoms with Crippen LogP contribution in [0.4, 0.5) is 5.69 Å². The Morgan fingerprint density at radius 1 is 1.36 bits per heavy atom. The Bertz CT molecular complexity index is 749. The van der Waals surface area contributed by atoms with Gasteiger partial charge in [-0.25, -0.2) is 0 Å². The molecule has 1 unspecified atom stereocenters. The van der Waals surface area contributed by atoms with Gasteiger partial charge in [0, 0.05) is 31.9 Å². The average Bonchev–Trinajstić information content (AvgIpc) is 3.10. The number of benzene rings is 1. The van der Waals surface area contributed by atoms with Crippen molar-refractivity contribution in [2.75, 3.05) is 18.4 Å². The molecule has 1 aromatic carbocycles. The van der Waals surface area contributed by atoms with Gasteiger partial charge in [0.15, 0.2) is 0 Å². The second-order valence-electron chi connectivity index (χ2n) is 6.25. The quantitative estimate of drug-likeness (QED) is 0.772. The molecule has 1 saturated heterocycles. The summed E-state index contributed by atoms with van der Waals surface area (Å²) in [7, 11) is 0. The molecule has 3 N–H and O–H groups in total. The van der Waals surface area contributed by atoms with Gasteiger partial charge in [-0.1, -0.05) is 12.1 Å². The number of nitrogens with zero attached hydrogens (tertiary/aromatic N) is 2. The van der Waals surface area contributed by atoms with E-state index in [0.29, 0.717) is 24.0 Å². The van der Waals surface area contributed by atoms with Gasteiger partial charge in [-0.2, -0.15) is 5.10 Å². The van der Waals surface area contributed by atoms with E-state index in [0.717, 1.165) is 31.5 Å². The molecule has 2 amide bonds. The molecule has 7 heteroatoms. The molecule has 3 rings (SSSR count). The van der Waals surface area contributed by atoms with Crippen molar-refractivity contribution < 1.29 is 9.59 Å². The van der Waals surface area contributed by atoms with E-state index in [1.807, 2.05) is 35.1 Å². The van der Waals surface area contributed by atoms with Crippen LogP contribution in [-0.2, 0) is 11.3 Å². The van der Waals surface area contributed by atoms with Crippen molar-refractivity contribution in [3.63, 3.8) is 0 Å². The fourth-order valence-electron chi connectivity index (χ4n) is 2.96. The Balaban J connectivity index is 1.57. The van der Waals surface area contributed by atoms with Gasteiger partial charge in [-0.15, -0.1) is 0 Å². The topological polar surface area (TPSA) is 88.0 Å². The summed E-state index contributed by atoms with van der Waals surface area (Å²) >= 11 is 0. The number of carbonyl (C=O) groups excluding carboxylic acids is 2. The predicted molar refractivity (Wildman–Crippen MR) is 95.3 cm³/mol. The Hall–Kier alpha value is -2.67. The number of hydrogen-bond donors (Lipinski definition) is 3. The van der Waals surface area contributed by atoms with Gasteiger partial charge in [-0.05, 0) is 43.1 Å². The van der Waals surface area contributed by atoms with Crippen LogP contribution >= 0.6 is 0 Å². The van der Waals surface area contributed by atoms with Crippen LogP contribution in [0.2, 0.25) is 0 Å². The average molecular weight is 341 g/mol. The number of nitrogens with one attached hydrogen (secondary N) is 3. The highest BCUT2D eigenvalue weighted by Gasteiger charge is 2.17. The van der Waals surface area contributed by atoms with E-state index in [9.17, 15) is 9.59 Å². The van der Waals surface area contributed by atoms with Crippen LogP contribution in [0.25, 0.3) is 0 Å². The van der Waals surface area contributed by atoms with E-state index in [4.69, 9.17) is 0 Å². The van der Waals surface area contributed by atoms with Crippen LogP contribution in [-0.4, -0.2) is 34.7 Å². The molecule has 132 valence electrons. The maximum atomic E-state index is 12.3. The number of piperidine rings is 1. The highest BCUT2D eigenvalue weighted by molar-refractivity contribution is 5.92. The summed E-state index contributed by atoms with van der Waals surface area (Å²) in [6.45, 7) is 3.78. The Labute approximate surface area is 146 Å². The predicted octanol–water partition coefficient (Wildman–Crippen LogP) is 1.70. The van der Waals surface area contributed by atoms with Crippen LogP contribution in [0.3, 0.4) is 0 Å². The smallest absolute Gasteiger partial charge is 0.272 e. The first-order valence-corrected chi connectivity index (χ1v) is 8.52. The lowest BCUT2D eigenvalue weighted by atomic mass is 10.1. The molecule has 0 aliphatic carbocycles. The number of aromatic nitrogens is 2. The summed E-state index contributed by atoms with van der Waals surface area (Å²) in [5, 5.41) is 13.4. The summed E-state index contributed by atoms with van der Waals surface area (Å²) in [6.07, 6.45) is 4.06. The molecule has 0 bridgehead atoms. The standard InChI is InChI=1S/C18H23N5O2/c1-13(24)21-15-5-2-4-14(10-15)11-20-18(25)17-7-9-23(22-17)16-6-3-8-19-12-16/h2,4-5,7,9-10,16,19H,3,6,8,11-12H2,1H3,(H,20,25)(H,21,24). The van der Waals surface area contributed by atoms with E-state index < -0.39 is 0 Å². The van der Waals surface area contributed by atoms with Gasteiger partial charge < -0.3 is 16.0 Å². The first-order chi connectivity index (χ1) is 12.1. The molecule has 2 heterocycles. The van der Waals surface area contributed by atoms with Crippen molar-refractivity contribution >= 4 is 17.5 Å². The van der Waals surface area contributed by atoms with Crippen molar-refractivity contribution in [1.29, 1.82) is 0 Å². The highest BCUT2D eigenvalue weighted by Crippen LogP contribution is 2.16. The summed E-state index contributed by atoms with van der Waals surface area (Å²) < 4.78 is 1.87. The lowest BCUT2D eigenvalue weighted by molar-refractivity contribution is -0.114. The van der Waals surface area contributed by atoms with Crippen LogP contribution in [0.15, 0.2) is 36.5 Å². The van der Waals surface area contributed by atoms with Crippen molar-refractivity contribution in [2.24, 2.45) is 0 Å². The first-order valence-electron chi connectivity index (χ1n) is 8.52. The number of hydrogen-bond acceptors (Lipinski definition) is 4. The van der Waals surface area contributed by atoms with Gasteiger partial charge in [0.2, 0.25) is 5.91 Å². The third kappa shape index (κ3) is 4.67. The summed E-state index contributed by atoms with van der Waals surface area (Å²) in [5.74, 6) is -0.323. The SMILES string of the molecule is CC(=O)Nc1cccc(CNC(=O)c2ccn(C3CCCNC3)n2)c1. The highest BCUT2D eigenvalue weighted by atomic mass is 16.2. The number of carbonyl (C=O) groups is 2. The molecule has 2 aromatic rings. The third-order valence-corrected chi connectivity index (χ3v) is 4.19. The summed E-state index contributed by atoms with van der Waals surface area (Å²) in [5.41, 5.74) is 2.05. The molecule has 0 saturated carbocycles. The lowest BCUT2D eigenvalue weighted by Crippen LogP contribution is -2.32. The number of rotatable bonds is 5. The first kappa shape index (κ1) is 17.2. The van der Waals surface area contributed by atoms with Gasteiger partial charge in [-0.3, -0.25) is 14.3 Å². The van der Waals surface area contributed by atoms with Gasteiger partial charge in [0.05, 0.1) is 6.04 Å². The minimum atomic E-state index is -0.201. The fraction of sp³-hybridized carbons (Fsp3) is 0.389. The molecule has 0 spiro atoms. The lowest BCUT2D eigenvalue weighted by Gasteiger charge is -2.22. The third-order valence-electron chi connectivity index (χ3n) is 4.19. The Morgan fingerprint density at radius 2 is 2.24 bits per heavy atom. The number of anilines is 1. The van der Waals surface area contributed by atoms with E-state index in [-0.39, 0.29) is 11.8 Å². The molecule has 1 aliphatic rings. The minimum Gasteiger partial charge on any atom is -0.347 e. The Morgan fingerprint density at radius 3 is 3.00 bits per heavy atom. The second-order valence-corrected chi connectivity index (χ2v) is 6.25. The normalized spacial score (nSPS) is 17.1. The van der Waals surface area contributed by atoms with E-state index in [2.05, 4.69) is 21.0 Å². The Kier molecular flexibility index (Phi) is 5.45. The van der Waals surface area contributed by atoms with Crippen molar-refractivity contribution in [3.8, 4) is 0 Å². The zero-order valence-corrected chi connectivity index (χ0v) is 14.3. The summed E-state index contributed by atoms with van der Waals surface area (Å²) in [6, 6.07) is 9.46. The van der Waals surface area contributed by atoms with Gasteiger partial charge in [0.25, 0.3) is 5.91 Å². The van der Waals surface area contributed by atoms with E-state index in [1.54, 1.807) is 6.07 Å². The molecule has 0 radical (unpaired) electrons. The molecule has 1 atom stereocenters. The van der Waals surface area contributed by atoms with Crippen LogP contribution < -0.4 is 16.0 Å². The maximum absolute atomic E-state index is 12.3.